The molecule has 0 aliphatic carbocycles. The third-order valence-electron chi connectivity index (χ3n) is 2.24. The van der Waals surface area contributed by atoms with E-state index in [0.29, 0.717) is 5.75 Å². The first-order chi connectivity index (χ1) is 6.45. The van der Waals surface area contributed by atoms with Crippen molar-refractivity contribution in [3.05, 3.63) is 35.4 Å². The fraction of sp³-hybridized carbons (Fsp3) is 0.385. The summed E-state index contributed by atoms with van der Waals surface area (Å²) in [7, 11) is 0. The van der Waals surface area contributed by atoms with Gasteiger partial charge in [0.2, 0.25) is 0 Å². The van der Waals surface area contributed by atoms with E-state index in [4.69, 9.17) is 0 Å². The van der Waals surface area contributed by atoms with Crippen LogP contribution in [-0.2, 0) is 5.41 Å². The maximum absolute atomic E-state index is 9.58. The Balaban J connectivity index is 3.19. The molecule has 0 aromatic heterocycles. The Morgan fingerprint density at radius 2 is 1.86 bits per heavy atom. The van der Waals surface area contributed by atoms with Crippen molar-refractivity contribution < 1.29 is 5.11 Å². The third-order valence-corrected chi connectivity index (χ3v) is 2.24. The number of rotatable bonds is 1. The average Bonchev–Trinajstić information content (AvgIpc) is 2.07. The fourth-order valence-electron chi connectivity index (χ4n) is 1.33. The Labute approximate surface area is 86.1 Å². The first-order valence-corrected chi connectivity index (χ1v) is 4.91. The molecule has 0 aliphatic rings. The Morgan fingerprint density at radius 3 is 2.36 bits per heavy atom. The highest BCUT2D eigenvalue weighted by atomic mass is 16.3. The molecule has 1 N–H and O–H groups in total. The quantitative estimate of drug-likeness (QED) is 0.715. The SMILES string of the molecule is C/C=C\c1cc(C(C)(C)C)ccc1O. The van der Waals surface area contributed by atoms with Gasteiger partial charge < -0.3 is 5.11 Å². The van der Waals surface area contributed by atoms with Gasteiger partial charge in [-0.15, -0.1) is 0 Å². The molecule has 1 heteroatoms. The van der Waals surface area contributed by atoms with Crippen molar-refractivity contribution in [2.45, 2.75) is 33.1 Å². The minimum absolute atomic E-state index is 0.129. The second-order valence-corrected chi connectivity index (χ2v) is 4.52. The lowest BCUT2D eigenvalue weighted by Crippen LogP contribution is -2.10. The van der Waals surface area contributed by atoms with E-state index in [2.05, 4.69) is 20.8 Å². The molecule has 1 rings (SSSR count). The van der Waals surface area contributed by atoms with Gasteiger partial charge in [0.05, 0.1) is 0 Å². The predicted octanol–water partition coefficient (Wildman–Crippen LogP) is 3.72. The van der Waals surface area contributed by atoms with Crippen LogP contribution in [0, 0.1) is 0 Å². The van der Waals surface area contributed by atoms with Gasteiger partial charge in [-0.05, 0) is 30.0 Å². The number of benzene rings is 1. The zero-order chi connectivity index (χ0) is 10.8. The Kier molecular flexibility index (Phi) is 3.00. The van der Waals surface area contributed by atoms with Crippen LogP contribution in [0.2, 0.25) is 0 Å². The Hall–Kier alpha value is -1.24. The van der Waals surface area contributed by atoms with Crippen LogP contribution in [0.15, 0.2) is 24.3 Å². The van der Waals surface area contributed by atoms with Crippen LogP contribution in [0.4, 0.5) is 0 Å². The summed E-state index contributed by atoms with van der Waals surface area (Å²) < 4.78 is 0. The van der Waals surface area contributed by atoms with E-state index in [-0.39, 0.29) is 5.41 Å². The maximum Gasteiger partial charge on any atom is 0.122 e. The number of hydrogen-bond acceptors (Lipinski definition) is 1. The van der Waals surface area contributed by atoms with Crippen LogP contribution >= 0.6 is 0 Å². The smallest absolute Gasteiger partial charge is 0.122 e. The molecule has 0 heterocycles. The van der Waals surface area contributed by atoms with Crippen LogP contribution in [0.25, 0.3) is 6.08 Å². The molecule has 0 saturated heterocycles. The molecular formula is C13H18O. The van der Waals surface area contributed by atoms with Crippen molar-refractivity contribution in [3.63, 3.8) is 0 Å². The van der Waals surface area contributed by atoms with E-state index in [1.165, 1.54) is 5.56 Å². The second-order valence-electron chi connectivity index (χ2n) is 4.52. The molecule has 1 aromatic rings. The molecule has 76 valence electrons. The van der Waals surface area contributed by atoms with Gasteiger partial charge in [0, 0.05) is 5.56 Å². The topological polar surface area (TPSA) is 20.2 Å². The van der Waals surface area contributed by atoms with Crippen molar-refractivity contribution in [1.29, 1.82) is 0 Å². The lowest BCUT2D eigenvalue weighted by molar-refractivity contribution is 0.472. The monoisotopic (exact) mass is 190 g/mol. The minimum Gasteiger partial charge on any atom is -0.507 e. The Bertz CT molecular complexity index is 343. The van der Waals surface area contributed by atoms with Crippen LogP contribution in [-0.4, -0.2) is 5.11 Å². The van der Waals surface area contributed by atoms with Gasteiger partial charge in [-0.1, -0.05) is 39.0 Å². The summed E-state index contributed by atoms with van der Waals surface area (Å²) in [5, 5.41) is 9.58. The largest absolute Gasteiger partial charge is 0.507 e. The van der Waals surface area contributed by atoms with Crippen molar-refractivity contribution in [2.24, 2.45) is 0 Å². The second kappa shape index (κ2) is 3.87. The summed E-state index contributed by atoms with van der Waals surface area (Å²) >= 11 is 0. The number of phenols is 1. The molecule has 0 aliphatic heterocycles. The van der Waals surface area contributed by atoms with E-state index in [1.54, 1.807) is 6.07 Å². The summed E-state index contributed by atoms with van der Waals surface area (Å²) in [5.74, 6) is 0.344. The van der Waals surface area contributed by atoms with E-state index in [9.17, 15) is 5.11 Å². The normalized spacial score (nSPS) is 12.3. The minimum atomic E-state index is 0.129. The van der Waals surface area contributed by atoms with Crippen LogP contribution in [0.5, 0.6) is 5.75 Å². The molecule has 0 amide bonds. The van der Waals surface area contributed by atoms with E-state index in [1.807, 2.05) is 31.2 Å². The number of allylic oxidation sites excluding steroid dienone is 1. The van der Waals surface area contributed by atoms with Crippen molar-refractivity contribution in [1.82, 2.24) is 0 Å². The van der Waals surface area contributed by atoms with Gasteiger partial charge in [-0.2, -0.15) is 0 Å². The van der Waals surface area contributed by atoms with E-state index >= 15 is 0 Å². The lowest BCUT2D eigenvalue weighted by atomic mass is 9.86. The molecule has 0 fully saturated rings. The molecular weight excluding hydrogens is 172 g/mol. The maximum atomic E-state index is 9.58. The van der Waals surface area contributed by atoms with Gasteiger partial charge in [0.1, 0.15) is 5.75 Å². The molecule has 0 spiro atoms. The highest BCUT2D eigenvalue weighted by molar-refractivity contribution is 5.58. The highest BCUT2D eigenvalue weighted by Gasteiger charge is 2.14. The van der Waals surface area contributed by atoms with Gasteiger partial charge in [-0.3, -0.25) is 0 Å². The molecule has 0 radical (unpaired) electrons. The van der Waals surface area contributed by atoms with E-state index in [0.717, 1.165) is 5.56 Å². The van der Waals surface area contributed by atoms with Gasteiger partial charge >= 0.3 is 0 Å². The van der Waals surface area contributed by atoms with Gasteiger partial charge in [0.25, 0.3) is 0 Å². The summed E-state index contributed by atoms with van der Waals surface area (Å²) in [4.78, 5) is 0. The summed E-state index contributed by atoms with van der Waals surface area (Å²) in [6, 6.07) is 5.77. The summed E-state index contributed by atoms with van der Waals surface area (Å²) in [6.07, 6.45) is 3.85. The molecule has 0 bridgehead atoms. The Morgan fingerprint density at radius 1 is 1.21 bits per heavy atom. The third kappa shape index (κ3) is 2.38. The first kappa shape index (κ1) is 10.8. The molecule has 0 saturated carbocycles. The number of hydrogen-bond donors (Lipinski definition) is 1. The molecule has 0 atom stereocenters. The van der Waals surface area contributed by atoms with Crippen molar-refractivity contribution in [3.8, 4) is 5.75 Å². The summed E-state index contributed by atoms with van der Waals surface area (Å²) in [5.41, 5.74) is 2.26. The van der Waals surface area contributed by atoms with Crippen molar-refractivity contribution in [2.75, 3.05) is 0 Å². The van der Waals surface area contributed by atoms with Crippen LogP contribution in [0.3, 0.4) is 0 Å². The first-order valence-electron chi connectivity index (χ1n) is 4.91. The van der Waals surface area contributed by atoms with Gasteiger partial charge in [-0.25, -0.2) is 0 Å². The molecule has 14 heavy (non-hydrogen) atoms. The number of phenolic OH excluding ortho intramolecular Hbond substituents is 1. The predicted molar refractivity (Wildman–Crippen MR) is 61.5 cm³/mol. The molecule has 0 unspecified atom stereocenters. The highest BCUT2D eigenvalue weighted by Crippen LogP contribution is 2.27. The van der Waals surface area contributed by atoms with Crippen molar-refractivity contribution >= 4 is 6.08 Å². The van der Waals surface area contributed by atoms with Crippen LogP contribution < -0.4 is 0 Å². The number of aromatic hydroxyl groups is 1. The zero-order valence-corrected chi connectivity index (χ0v) is 9.33. The lowest BCUT2D eigenvalue weighted by Gasteiger charge is -2.19. The fourth-order valence-corrected chi connectivity index (χ4v) is 1.33. The molecule has 1 nitrogen and oxygen atoms in total. The zero-order valence-electron chi connectivity index (χ0n) is 9.33. The molecule has 1 aromatic carbocycles. The summed E-state index contributed by atoms with van der Waals surface area (Å²) in [6.45, 7) is 8.44. The average molecular weight is 190 g/mol. The van der Waals surface area contributed by atoms with E-state index < -0.39 is 0 Å². The van der Waals surface area contributed by atoms with Gasteiger partial charge in [0.15, 0.2) is 0 Å². The standard InChI is InChI=1S/C13H18O/c1-5-6-10-9-11(13(2,3)4)7-8-12(10)14/h5-9,14H,1-4H3/b6-5-. The van der Waals surface area contributed by atoms with Crippen LogP contribution in [0.1, 0.15) is 38.8 Å².